The fraction of sp³-hybridized carbons (Fsp3) is 0.417. The molecular weight excluding hydrogens is 220 g/mol. The van der Waals surface area contributed by atoms with Crippen LogP contribution in [-0.4, -0.2) is 28.6 Å². The quantitative estimate of drug-likeness (QED) is 0.813. The second kappa shape index (κ2) is 4.78. The van der Waals surface area contributed by atoms with Crippen LogP contribution in [0.2, 0.25) is 0 Å². The summed E-state index contributed by atoms with van der Waals surface area (Å²) in [5.41, 5.74) is 2.02. The maximum absolute atomic E-state index is 11.9. The zero-order chi connectivity index (χ0) is 11.5. The second-order valence-electron chi connectivity index (χ2n) is 3.96. The van der Waals surface area contributed by atoms with Gasteiger partial charge in [0.1, 0.15) is 0 Å². The Kier molecular flexibility index (Phi) is 3.39. The lowest BCUT2D eigenvalue weighted by molar-refractivity contribution is 0.216. The average Bonchev–Trinajstić information content (AvgIpc) is 2.64. The molecule has 16 heavy (non-hydrogen) atoms. The second-order valence-corrected chi connectivity index (χ2v) is 5.39. The van der Waals surface area contributed by atoms with Crippen LogP contribution in [0.5, 0.6) is 0 Å². The van der Waals surface area contributed by atoms with Gasteiger partial charge in [-0.3, -0.25) is 0 Å². The minimum absolute atomic E-state index is 0.00287. The fourth-order valence-electron chi connectivity index (χ4n) is 1.78. The molecule has 3 nitrogen and oxygen atoms in total. The highest BCUT2D eigenvalue weighted by Gasteiger charge is 2.25. The van der Waals surface area contributed by atoms with E-state index in [1.807, 2.05) is 47.9 Å². The van der Waals surface area contributed by atoms with E-state index in [2.05, 4.69) is 12.2 Å². The van der Waals surface area contributed by atoms with E-state index in [4.69, 9.17) is 0 Å². The topological polar surface area (TPSA) is 32.3 Å². The van der Waals surface area contributed by atoms with Crippen LogP contribution in [-0.2, 0) is 0 Å². The molecule has 0 spiro atoms. The Balaban J connectivity index is 2.02. The largest absolute Gasteiger partial charge is 0.322 e. The number of carbonyl (C=O) groups is 1. The first-order valence-corrected chi connectivity index (χ1v) is 6.47. The third-order valence-electron chi connectivity index (χ3n) is 2.66. The Morgan fingerprint density at radius 2 is 2.38 bits per heavy atom. The van der Waals surface area contributed by atoms with Crippen LogP contribution < -0.4 is 5.32 Å². The third kappa shape index (κ3) is 2.50. The van der Waals surface area contributed by atoms with E-state index in [0.717, 1.165) is 23.5 Å². The van der Waals surface area contributed by atoms with Crippen molar-refractivity contribution in [2.45, 2.75) is 19.2 Å². The molecule has 0 aliphatic carbocycles. The smallest absolute Gasteiger partial charge is 0.312 e. The van der Waals surface area contributed by atoms with Gasteiger partial charge in [-0.05, 0) is 31.5 Å². The van der Waals surface area contributed by atoms with Crippen LogP contribution in [0.4, 0.5) is 10.5 Å². The molecule has 1 fully saturated rings. The van der Waals surface area contributed by atoms with E-state index in [0.29, 0.717) is 0 Å². The molecule has 0 radical (unpaired) electrons. The zero-order valence-electron chi connectivity index (χ0n) is 9.56. The number of rotatable bonds is 1. The molecule has 1 N–H and O–H groups in total. The third-order valence-corrected chi connectivity index (χ3v) is 3.82. The molecule has 2 amide bonds. The summed E-state index contributed by atoms with van der Waals surface area (Å²) in [4.78, 5) is 13.8. The first-order valence-electron chi connectivity index (χ1n) is 5.43. The van der Waals surface area contributed by atoms with Gasteiger partial charge >= 0.3 is 6.03 Å². The fourth-order valence-corrected chi connectivity index (χ4v) is 2.80. The molecule has 1 heterocycles. The van der Waals surface area contributed by atoms with Gasteiger partial charge in [0.05, 0.1) is 5.37 Å². The number of benzene rings is 1. The number of aryl methyl sites for hydroxylation is 1. The average molecular weight is 236 g/mol. The Morgan fingerprint density at radius 3 is 3.00 bits per heavy atom. The van der Waals surface area contributed by atoms with Crippen LogP contribution in [0.1, 0.15) is 12.5 Å². The SMILES string of the molecule is Cc1cccc(NC(=O)N2CCS[C@H]2C)c1. The molecule has 86 valence electrons. The van der Waals surface area contributed by atoms with Crippen molar-refractivity contribution in [1.29, 1.82) is 0 Å². The minimum Gasteiger partial charge on any atom is -0.312 e. The van der Waals surface area contributed by atoms with Crippen LogP contribution in [0.3, 0.4) is 0 Å². The normalized spacial score (nSPS) is 19.9. The summed E-state index contributed by atoms with van der Waals surface area (Å²) in [6.45, 7) is 4.92. The van der Waals surface area contributed by atoms with Crippen molar-refractivity contribution >= 4 is 23.5 Å². The molecule has 1 aromatic carbocycles. The van der Waals surface area contributed by atoms with Crippen LogP contribution >= 0.6 is 11.8 Å². The van der Waals surface area contributed by atoms with Gasteiger partial charge in [-0.15, -0.1) is 11.8 Å². The van der Waals surface area contributed by atoms with Gasteiger partial charge in [0.2, 0.25) is 0 Å². The molecule has 1 aliphatic heterocycles. The van der Waals surface area contributed by atoms with Crippen molar-refractivity contribution in [2.24, 2.45) is 0 Å². The monoisotopic (exact) mass is 236 g/mol. The molecule has 2 rings (SSSR count). The number of thioether (sulfide) groups is 1. The summed E-state index contributed by atoms with van der Waals surface area (Å²) in [6.07, 6.45) is 0. The summed E-state index contributed by atoms with van der Waals surface area (Å²) < 4.78 is 0. The summed E-state index contributed by atoms with van der Waals surface area (Å²) in [5.74, 6) is 1.03. The molecule has 4 heteroatoms. The molecule has 1 aromatic rings. The highest BCUT2D eigenvalue weighted by atomic mass is 32.2. The number of nitrogens with one attached hydrogen (secondary N) is 1. The minimum atomic E-state index is 0.00287. The highest BCUT2D eigenvalue weighted by Crippen LogP contribution is 2.23. The molecule has 0 saturated carbocycles. The summed E-state index contributed by atoms with van der Waals surface area (Å²) in [7, 11) is 0. The maximum Gasteiger partial charge on any atom is 0.322 e. The molecule has 0 aromatic heterocycles. The van der Waals surface area contributed by atoms with E-state index < -0.39 is 0 Å². The van der Waals surface area contributed by atoms with Crippen molar-refractivity contribution in [3.63, 3.8) is 0 Å². The van der Waals surface area contributed by atoms with Gasteiger partial charge in [-0.1, -0.05) is 12.1 Å². The first-order chi connectivity index (χ1) is 7.66. The van der Waals surface area contributed by atoms with Crippen molar-refractivity contribution < 1.29 is 4.79 Å². The Morgan fingerprint density at radius 1 is 1.56 bits per heavy atom. The number of nitrogens with zero attached hydrogens (tertiary/aromatic N) is 1. The van der Waals surface area contributed by atoms with E-state index in [-0.39, 0.29) is 11.4 Å². The summed E-state index contributed by atoms with van der Waals surface area (Å²) in [5, 5.41) is 3.21. The number of carbonyl (C=O) groups excluding carboxylic acids is 1. The number of urea groups is 1. The summed E-state index contributed by atoms with van der Waals surface area (Å²) >= 11 is 1.81. The Bertz CT molecular complexity index is 394. The van der Waals surface area contributed by atoms with E-state index in [9.17, 15) is 4.79 Å². The summed E-state index contributed by atoms with van der Waals surface area (Å²) in [6, 6.07) is 7.87. The van der Waals surface area contributed by atoms with Crippen LogP contribution in [0.15, 0.2) is 24.3 Å². The number of amides is 2. The van der Waals surface area contributed by atoms with Crippen molar-refractivity contribution in [3.05, 3.63) is 29.8 Å². The molecular formula is C12H16N2OS. The number of anilines is 1. The lowest BCUT2D eigenvalue weighted by Crippen LogP contribution is -2.36. The maximum atomic E-state index is 11.9. The molecule has 0 unspecified atom stereocenters. The van der Waals surface area contributed by atoms with Gasteiger partial charge in [-0.2, -0.15) is 0 Å². The van der Waals surface area contributed by atoms with Gasteiger partial charge in [-0.25, -0.2) is 4.79 Å². The molecule has 0 bridgehead atoms. The molecule has 1 saturated heterocycles. The van der Waals surface area contributed by atoms with Gasteiger partial charge in [0, 0.05) is 18.0 Å². The Labute approximate surface area is 100 Å². The molecule has 1 aliphatic rings. The Hall–Kier alpha value is -1.16. The highest BCUT2D eigenvalue weighted by molar-refractivity contribution is 8.00. The van der Waals surface area contributed by atoms with Gasteiger partial charge in [0.25, 0.3) is 0 Å². The zero-order valence-corrected chi connectivity index (χ0v) is 10.4. The number of hydrogen-bond donors (Lipinski definition) is 1. The van der Waals surface area contributed by atoms with Gasteiger partial charge in [0.15, 0.2) is 0 Å². The van der Waals surface area contributed by atoms with Crippen LogP contribution in [0, 0.1) is 6.92 Å². The van der Waals surface area contributed by atoms with Crippen LogP contribution in [0.25, 0.3) is 0 Å². The van der Waals surface area contributed by atoms with E-state index in [1.165, 1.54) is 0 Å². The predicted octanol–water partition coefficient (Wildman–Crippen LogP) is 2.92. The van der Waals surface area contributed by atoms with Gasteiger partial charge < -0.3 is 10.2 Å². The molecule has 1 atom stereocenters. The lowest BCUT2D eigenvalue weighted by Gasteiger charge is -2.20. The van der Waals surface area contributed by atoms with Crippen molar-refractivity contribution in [1.82, 2.24) is 4.90 Å². The standard InChI is InChI=1S/C12H16N2OS/c1-9-4-3-5-11(8-9)13-12(15)14-6-7-16-10(14)2/h3-5,8,10H,6-7H2,1-2H3,(H,13,15)/t10-/m0/s1. The van der Waals surface area contributed by atoms with Crippen molar-refractivity contribution in [3.8, 4) is 0 Å². The first kappa shape index (κ1) is 11.3. The van der Waals surface area contributed by atoms with Crippen molar-refractivity contribution in [2.75, 3.05) is 17.6 Å². The van der Waals surface area contributed by atoms with E-state index >= 15 is 0 Å². The number of hydrogen-bond acceptors (Lipinski definition) is 2. The lowest BCUT2D eigenvalue weighted by atomic mass is 10.2. The predicted molar refractivity (Wildman–Crippen MR) is 68.8 cm³/mol. The van der Waals surface area contributed by atoms with E-state index in [1.54, 1.807) is 0 Å².